The molecule has 7 nitrogen and oxygen atoms in total. The summed E-state index contributed by atoms with van der Waals surface area (Å²) in [6.07, 6.45) is 3.72. The van der Waals surface area contributed by atoms with Gasteiger partial charge < -0.3 is 9.30 Å². The fraction of sp³-hybridized carbons (Fsp3) is 0.143. The molecule has 0 saturated heterocycles. The third kappa shape index (κ3) is 5.77. The number of nitrogens with zero attached hydrogens (tertiary/aromatic N) is 3. The summed E-state index contributed by atoms with van der Waals surface area (Å²) in [5, 5.41) is 8.35. The SMILES string of the molecule is O=C(Cn1cc(I)c(=O)c(I)c1)OCC(=O)N1N=C(c2ccc3ccccc3c2)C[C@@H]1c1ccccc1. The molecule has 1 amide bonds. The fourth-order valence-electron chi connectivity index (χ4n) is 4.27. The van der Waals surface area contributed by atoms with Gasteiger partial charge in [0.05, 0.1) is 18.9 Å². The fourth-order valence-corrected chi connectivity index (χ4v) is 6.09. The van der Waals surface area contributed by atoms with Crippen LogP contribution in [0.15, 0.2) is 95.1 Å². The summed E-state index contributed by atoms with van der Waals surface area (Å²) >= 11 is 3.87. The van der Waals surface area contributed by atoms with Gasteiger partial charge in [-0.25, -0.2) is 5.01 Å². The van der Waals surface area contributed by atoms with E-state index in [9.17, 15) is 14.4 Å². The van der Waals surface area contributed by atoms with E-state index in [1.807, 2.05) is 93.7 Å². The Morgan fingerprint density at radius 3 is 2.32 bits per heavy atom. The molecular formula is C28H21I2N3O4. The Bertz CT molecular complexity index is 1560. The summed E-state index contributed by atoms with van der Waals surface area (Å²) in [5.41, 5.74) is 2.63. The Kier molecular flexibility index (Phi) is 7.70. The van der Waals surface area contributed by atoms with Gasteiger partial charge >= 0.3 is 5.97 Å². The van der Waals surface area contributed by atoms with Crippen LogP contribution >= 0.6 is 45.2 Å². The van der Waals surface area contributed by atoms with Gasteiger partial charge in [0.15, 0.2) is 6.61 Å². The van der Waals surface area contributed by atoms with Crippen molar-refractivity contribution in [1.82, 2.24) is 9.58 Å². The highest BCUT2D eigenvalue weighted by Crippen LogP contribution is 2.33. The summed E-state index contributed by atoms with van der Waals surface area (Å²) in [7, 11) is 0. The van der Waals surface area contributed by atoms with Crippen molar-refractivity contribution in [3.63, 3.8) is 0 Å². The van der Waals surface area contributed by atoms with Gasteiger partial charge in [0.1, 0.15) is 6.54 Å². The van der Waals surface area contributed by atoms with Crippen LogP contribution < -0.4 is 5.43 Å². The van der Waals surface area contributed by atoms with E-state index in [0.29, 0.717) is 13.6 Å². The molecule has 1 aromatic heterocycles. The summed E-state index contributed by atoms with van der Waals surface area (Å²) in [5.74, 6) is -0.972. The maximum atomic E-state index is 13.2. The molecule has 1 aliphatic rings. The van der Waals surface area contributed by atoms with Crippen molar-refractivity contribution >= 4 is 73.5 Å². The lowest BCUT2D eigenvalue weighted by molar-refractivity contribution is -0.153. The standard InChI is InChI=1S/C28H21I2N3O4/c29-22-14-32(15-23(30)28(22)36)16-27(35)37-17-26(34)33-25(19-7-2-1-3-8-19)13-24(31-33)21-11-10-18-6-4-5-9-20(18)12-21/h1-12,14-15,25H,13,16-17H2/t25-/m1/s1. The first-order valence-electron chi connectivity index (χ1n) is 11.5. The zero-order valence-corrected chi connectivity index (χ0v) is 23.8. The molecule has 1 atom stereocenters. The highest BCUT2D eigenvalue weighted by Gasteiger charge is 2.33. The molecule has 5 rings (SSSR count). The van der Waals surface area contributed by atoms with Gasteiger partial charge in [-0.15, -0.1) is 0 Å². The number of amides is 1. The second-order valence-electron chi connectivity index (χ2n) is 8.59. The molecule has 2 heterocycles. The number of pyridine rings is 1. The lowest BCUT2D eigenvalue weighted by atomic mass is 9.97. The molecule has 0 spiro atoms. The van der Waals surface area contributed by atoms with Crippen LogP contribution in [0.3, 0.4) is 0 Å². The van der Waals surface area contributed by atoms with Crippen LogP contribution in [0.25, 0.3) is 10.8 Å². The van der Waals surface area contributed by atoms with Crippen LogP contribution in [-0.2, 0) is 20.9 Å². The molecule has 0 aliphatic carbocycles. The number of halogens is 2. The zero-order valence-electron chi connectivity index (χ0n) is 19.5. The van der Waals surface area contributed by atoms with Crippen molar-refractivity contribution in [2.75, 3.05) is 6.61 Å². The van der Waals surface area contributed by atoms with Crippen molar-refractivity contribution in [3.05, 3.63) is 114 Å². The Balaban J connectivity index is 1.34. The van der Waals surface area contributed by atoms with Crippen LogP contribution in [0.2, 0.25) is 0 Å². The first-order valence-corrected chi connectivity index (χ1v) is 13.7. The van der Waals surface area contributed by atoms with Crippen molar-refractivity contribution in [2.45, 2.75) is 19.0 Å². The highest BCUT2D eigenvalue weighted by molar-refractivity contribution is 14.1. The maximum absolute atomic E-state index is 13.2. The minimum Gasteiger partial charge on any atom is -0.454 e. The van der Waals surface area contributed by atoms with Gasteiger partial charge in [-0.3, -0.25) is 14.4 Å². The van der Waals surface area contributed by atoms with Gasteiger partial charge in [-0.2, -0.15) is 5.10 Å². The van der Waals surface area contributed by atoms with Crippen LogP contribution in [0.1, 0.15) is 23.6 Å². The minimum atomic E-state index is -0.571. The van der Waals surface area contributed by atoms with E-state index in [0.717, 1.165) is 27.6 Å². The van der Waals surface area contributed by atoms with Crippen molar-refractivity contribution in [3.8, 4) is 0 Å². The number of carbonyl (C=O) groups excluding carboxylic acids is 2. The Hall–Kier alpha value is -3.06. The smallest absolute Gasteiger partial charge is 0.326 e. The van der Waals surface area contributed by atoms with E-state index in [1.54, 1.807) is 17.0 Å². The number of carbonyl (C=O) groups is 2. The Labute approximate surface area is 240 Å². The molecule has 3 aromatic carbocycles. The van der Waals surface area contributed by atoms with E-state index in [1.165, 1.54) is 5.01 Å². The summed E-state index contributed by atoms with van der Waals surface area (Å²) in [6, 6.07) is 23.7. The molecule has 186 valence electrons. The molecule has 0 radical (unpaired) electrons. The second kappa shape index (κ2) is 11.1. The van der Waals surface area contributed by atoms with E-state index >= 15 is 0 Å². The summed E-state index contributed by atoms with van der Waals surface area (Å²) in [4.78, 5) is 37.6. The third-order valence-corrected chi connectivity index (χ3v) is 7.63. The topological polar surface area (TPSA) is 81.0 Å². The van der Waals surface area contributed by atoms with Gasteiger partial charge in [0.25, 0.3) is 5.91 Å². The zero-order chi connectivity index (χ0) is 25.9. The van der Waals surface area contributed by atoms with E-state index in [2.05, 4.69) is 29.4 Å². The number of hydrazone groups is 1. The number of aromatic nitrogens is 1. The summed E-state index contributed by atoms with van der Waals surface area (Å²) in [6.45, 7) is -0.529. The van der Waals surface area contributed by atoms with E-state index < -0.39 is 18.5 Å². The number of benzene rings is 3. The second-order valence-corrected chi connectivity index (χ2v) is 10.9. The molecule has 0 bridgehead atoms. The number of hydrogen-bond donors (Lipinski definition) is 0. The number of esters is 1. The lowest BCUT2D eigenvalue weighted by Crippen LogP contribution is -2.32. The van der Waals surface area contributed by atoms with Crippen LogP contribution in [0.5, 0.6) is 0 Å². The van der Waals surface area contributed by atoms with Crippen molar-refractivity contribution in [1.29, 1.82) is 0 Å². The van der Waals surface area contributed by atoms with Crippen LogP contribution in [0.4, 0.5) is 0 Å². The van der Waals surface area contributed by atoms with Gasteiger partial charge in [-0.1, -0.05) is 66.7 Å². The average Bonchev–Trinajstić information content (AvgIpc) is 3.36. The first kappa shape index (κ1) is 25.6. The molecule has 1 aliphatic heterocycles. The highest BCUT2D eigenvalue weighted by atomic mass is 127. The molecule has 0 N–H and O–H groups in total. The van der Waals surface area contributed by atoms with E-state index in [4.69, 9.17) is 4.74 Å². The predicted molar refractivity (Wildman–Crippen MR) is 158 cm³/mol. The normalized spacial score (nSPS) is 15.0. The van der Waals surface area contributed by atoms with Crippen molar-refractivity contribution in [2.24, 2.45) is 5.10 Å². The van der Waals surface area contributed by atoms with Gasteiger partial charge in [0, 0.05) is 18.8 Å². The van der Waals surface area contributed by atoms with Crippen LogP contribution in [-0.4, -0.2) is 33.8 Å². The monoisotopic (exact) mass is 717 g/mol. The number of fused-ring (bicyclic) bond motifs is 1. The molecular weight excluding hydrogens is 696 g/mol. The van der Waals surface area contributed by atoms with Crippen LogP contribution in [0, 0.1) is 7.14 Å². The molecule has 9 heteroatoms. The lowest BCUT2D eigenvalue weighted by Gasteiger charge is -2.22. The molecule has 0 unspecified atom stereocenters. The first-order chi connectivity index (χ1) is 17.9. The maximum Gasteiger partial charge on any atom is 0.326 e. The Morgan fingerprint density at radius 1 is 0.919 bits per heavy atom. The average molecular weight is 717 g/mol. The molecule has 0 fully saturated rings. The molecule has 4 aromatic rings. The van der Waals surface area contributed by atoms with E-state index in [-0.39, 0.29) is 18.0 Å². The van der Waals surface area contributed by atoms with Crippen molar-refractivity contribution < 1.29 is 14.3 Å². The predicted octanol–water partition coefficient (Wildman–Crippen LogP) is 5.13. The van der Waals surface area contributed by atoms with Gasteiger partial charge in [-0.05, 0) is 73.1 Å². The third-order valence-electron chi connectivity index (χ3n) is 6.09. The molecule has 0 saturated carbocycles. The number of hydrogen-bond acceptors (Lipinski definition) is 5. The molecule has 37 heavy (non-hydrogen) atoms. The quantitative estimate of drug-likeness (QED) is 0.205. The number of rotatable bonds is 6. The largest absolute Gasteiger partial charge is 0.454 e. The summed E-state index contributed by atoms with van der Waals surface area (Å²) < 4.78 is 7.90. The Morgan fingerprint density at radius 2 is 1.59 bits per heavy atom. The number of ether oxygens (including phenoxy) is 1. The van der Waals surface area contributed by atoms with Gasteiger partial charge in [0.2, 0.25) is 5.43 Å². The minimum absolute atomic E-state index is 0.0814.